The second kappa shape index (κ2) is 9.52. The number of nitro benzene ring substituents is 1. The molecule has 0 unspecified atom stereocenters. The average molecular weight is 447 g/mol. The number of nitriles is 1. The summed E-state index contributed by atoms with van der Waals surface area (Å²) in [5.74, 6) is -1.86. The summed E-state index contributed by atoms with van der Waals surface area (Å²) >= 11 is 0. The zero-order chi connectivity index (χ0) is 24.1. The number of carbonyl (C=O) groups excluding carboxylic acids is 2. The number of nitrogens with zero attached hydrogens (tertiary/aromatic N) is 4. The topological polar surface area (TPSA) is 157 Å². The molecule has 11 heteroatoms. The smallest absolute Gasteiger partial charge is 0.363 e. The Morgan fingerprint density at radius 2 is 1.94 bits per heavy atom. The zero-order valence-corrected chi connectivity index (χ0v) is 17.5. The van der Waals surface area contributed by atoms with Crippen LogP contribution in [0, 0.1) is 28.4 Å². The molecule has 1 heterocycles. The predicted octanol–water partition coefficient (Wildman–Crippen LogP) is 2.50. The van der Waals surface area contributed by atoms with E-state index in [0.717, 1.165) is 10.7 Å². The van der Waals surface area contributed by atoms with E-state index < -0.39 is 34.0 Å². The summed E-state index contributed by atoms with van der Waals surface area (Å²) in [4.78, 5) is 48.1. The van der Waals surface area contributed by atoms with Crippen LogP contribution in [-0.2, 0) is 9.53 Å². The standard InChI is InChI=1S/C22H17N5O6/c1-13-10-19(28)20(25-26(13)17-8-3-4-9-18(17)27(31)32)22(30)33-14(2)21(29)24-16-7-5-6-15(11-16)12-23/h3-11,14H,1-2H3,(H,24,29)/t14-/m0/s1. The van der Waals surface area contributed by atoms with Gasteiger partial charge in [-0.3, -0.25) is 19.7 Å². The number of anilines is 1. The van der Waals surface area contributed by atoms with Crippen LogP contribution in [0.15, 0.2) is 59.4 Å². The average Bonchev–Trinajstić information content (AvgIpc) is 2.79. The lowest BCUT2D eigenvalue weighted by Gasteiger charge is -2.14. The van der Waals surface area contributed by atoms with E-state index in [-0.39, 0.29) is 17.1 Å². The maximum Gasteiger partial charge on any atom is 0.363 e. The van der Waals surface area contributed by atoms with Gasteiger partial charge in [-0.05, 0) is 38.1 Å². The van der Waals surface area contributed by atoms with Crippen LogP contribution in [-0.4, -0.2) is 32.7 Å². The Hall–Kier alpha value is -4.85. The summed E-state index contributed by atoms with van der Waals surface area (Å²) in [6, 6.07) is 14.9. The van der Waals surface area contributed by atoms with E-state index in [4.69, 9.17) is 10.00 Å². The van der Waals surface area contributed by atoms with Gasteiger partial charge in [0.1, 0.15) is 5.69 Å². The van der Waals surface area contributed by atoms with Crippen molar-refractivity contribution in [3.8, 4) is 11.8 Å². The normalized spacial score (nSPS) is 11.2. The van der Waals surface area contributed by atoms with Crippen LogP contribution >= 0.6 is 0 Å². The maximum absolute atomic E-state index is 12.6. The lowest BCUT2D eigenvalue weighted by molar-refractivity contribution is -0.384. The summed E-state index contributed by atoms with van der Waals surface area (Å²) in [6.45, 7) is 2.81. The molecule has 0 spiro atoms. The van der Waals surface area contributed by atoms with Gasteiger partial charge in [-0.15, -0.1) is 0 Å². The molecule has 0 bridgehead atoms. The van der Waals surface area contributed by atoms with Gasteiger partial charge >= 0.3 is 5.97 Å². The first kappa shape index (κ1) is 22.8. The molecule has 0 fully saturated rings. The summed E-state index contributed by atoms with van der Waals surface area (Å²) < 4.78 is 6.18. The first-order valence-electron chi connectivity index (χ1n) is 9.58. The van der Waals surface area contributed by atoms with Crippen LogP contribution in [0.4, 0.5) is 11.4 Å². The third-order valence-corrected chi connectivity index (χ3v) is 4.52. The van der Waals surface area contributed by atoms with Crippen molar-refractivity contribution >= 4 is 23.3 Å². The number of rotatable bonds is 6. The molecule has 1 aromatic heterocycles. The van der Waals surface area contributed by atoms with Crippen LogP contribution in [0.5, 0.6) is 0 Å². The Labute approximate surface area is 187 Å². The van der Waals surface area contributed by atoms with Crippen LogP contribution in [0.1, 0.15) is 28.7 Å². The fraction of sp³-hybridized carbons (Fsp3) is 0.136. The number of amides is 1. The van der Waals surface area contributed by atoms with Crippen LogP contribution < -0.4 is 10.7 Å². The highest BCUT2D eigenvalue weighted by Gasteiger charge is 2.24. The van der Waals surface area contributed by atoms with Crippen molar-refractivity contribution in [1.82, 2.24) is 9.78 Å². The molecule has 3 aromatic rings. The molecule has 2 aromatic carbocycles. The molecule has 0 aliphatic heterocycles. The zero-order valence-electron chi connectivity index (χ0n) is 17.5. The van der Waals surface area contributed by atoms with Crippen molar-refractivity contribution in [3.63, 3.8) is 0 Å². The second-order valence-electron chi connectivity index (χ2n) is 6.89. The molecule has 166 valence electrons. The van der Waals surface area contributed by atoms with Gasteiger partial charge in [-0.25, -0.2) is 9.48 Å². The minimum Gasteiger partial charge on any atom is -0.448 e. The number of hydrogen-bond donors (Lipinski definition) is 1. The fourth-order valence-corrected chi connectivity index (χ4v) is 2.91. The third-order valence-electron chi connectivity index (χ3n) is 4.52. The molecule has 11 nitrogen and oxygen atoms in total. The van der Waals surface area contributed by atoms with Crippen molar-refractivity contribution in [1.29, 1.82) is 5.26 Å². The van der Waals surface area contributed by atoms with E-state index in [2.05, 4.69) is 10.4 Å². The molecule has 1 atom stereocenters. The highest BCUT2D eigenvalue weighted by molar-refractivity contribution is 5.96. The SMILES string of the molecule is Cc1cc(=O)c(C(=O)O[C@@H](C)C(=O)Nc2cccc(C#N)c2)nn1-c1ccccc1[N+](=O)[O-]. The number of nitrogens with one attached hydrogen (secondary N) is 1. The number of aromatic nitrogens is 2. The second-order valence-corrected chi connectivity index (χ2v) is 6.89. The molecule has 0 radical (unpaired) electrons. The fourth-order valence-electron chi connectivity index (χ4n) is 2.91. The summed E-state index contributed by atoms with van der Waals surface area (Å²) in [6.07, 6.45) is -1.30. The highest BCUT2D eigenvalue weighted by Crippen LogP contribution is 2.22. The number of aryl methyl sites for hydroxylation is 1. The summed E-state index contributed by atoms with van der Waals surface area (Å²) in [5, 5.41) is 26.8. The number of ether oxygens (including phenoxy) is 1. The molecule has 33 heavy (non-hydrogen) atoms. The van der Waals surface area contributed by atoms with Gasteiger partial charge in [0.25, 0.3) is 11.6 Å². The van der Waals surface area contributed by atoms with Gasteiger partial charge in [-0.1, -0.05) is 18.2 Å². The Morgan fingerprint density at radius 1 is 1.21 bits per heavy atom. The van der Waals surface area contributed by atoms with E-state index in [1.165, 1.54) is 38.1 Å². The quantitative estimate of drug-likeness (QED) is 0.343. The Balaban J connectivity index is 1.85. The van der Waals surface area contributed by atoms with E-state index in [1.807, 2.05) is 6.07 Å². The number of hydrogen-bond acceptors (Lipinski definition) is 8. The first-order chi connectivity index (χ1) is 15.7. The van der Waals surface area contributed by atoms with Crippen molar-refractivity contribution in [2.24, 2.45) is 0 Å². The minimum atomic E-state index is -1.30. The van der Waals surface area contributed by atoms with Crippen LogP contribution in [0.25, 0.3) is 5.69 Å². The number of para-hydroxylation sites is 2. The molecular weight excluding hydrogens is 430 g/mol. The Kier molecular flexibility index (Phi) is 6.59. The van der Waals surface area contributed by atoms with Gasteiger partial charge in [0, 0.05) is 23.5 Å². The van der Waals surface area contributed by atoms with Crippen molar-refractivity contribution in [2.75, 3.05) is 5.32 Å². The van der Waals surface area contributed by atoms with Crippen LogP contribution in [0.2, 0.25) is 0 Å². The largest absolute Gasteiger partial charge is 0.448 e. The summed E-state index contributed by atoms with van der Waals surface area (Å²) in [7, 11) is 0. The predicted molar refractivity (Wildman–Crippen MR) is 116 cm³/mol. The molecular formula is C22H17N5O6. The van der Waals surface area contributed by atoms with Gasteiger partial charge in [0.2, 0.25) is 11.1 Å². The maximum atomic E-state index is 12.6. The lowest BCUT2D eigenvalue weighted by Crippen LogP contribution is -2.32. The van der Waals surface area contributed by atoms with E-state index >= 15 is 0 Å². The van der Waals surface area contributed by atoms with Gasteiger partial charge in [0.05, 0.1) is 16.6 Å². The van der Waals surface area contributed by atoms with Gasteiger partial charge in [-0.2, -0.15) is 10.4 Å². The molecule has 3 rings (SSSR count). The van der Waals surface area contributed by atoms with E-state index in [9.17, 15) is 24.5 Å². The lowest BCUT2D eigenvalue weighted by atomic mass is 10.2. The van der Waals surface area contributed by atoms with Crippen molar-refractivity contribution in [3.05, 3.63) is 91.9 Å². The number of benzene rings is 2. The number of carbonyl (C=O) groups is 2. The molecule has 1 amide bonds. The Morgan fingerprint density at radius 3 is 2.64 bits per heavy atom. The van der Waals surface area contributed by atoms with E-state index in [0.29, 0.717) is 11.3 Å². The molecule has 0 aliphatic rings. The van der Waals surface area contributed by atoms with Crippen molar-refractivity contribution < 1.29 is 19.2 Å². The molecule has 1 N–H and O–H groups in total. The monoisotopic (exact) mass is 447 g/mol. The number of nitro groups is 1. The molecule has 0 aliphatic carbocycles. The minimum absolute atomic E-state index is 0.0530. The Bertz CT molecular complexity index is 1360. The third kappa shape index (κ3) is 5.08. The summed E-state index contributed by atoms with van der Waals surface area (Å²) in [5.41, 5.74) is -0.702. The molecule has 0 saturated heterocycles. The van der Waals surface area contributed by atoms with Crippen LogP contribution in [0.3, 0.4) is 0 Å². The van der Waals surface area contributed by atoms with E-state index in [1.54, 1.807) is 24.3 Å². The highest BCUT2D eigenvalue weighted by atomic mass is 16.6. The van der Waals surface area contributed by atoms with Crippen molar-refractivity contribution in [2.45, 2.75) is 20.0 Å². The first-order valence-corrected chi connectivity index (χ1v) is 9.58. The van der Waals surface area contributed by atoms with Gasteiger partial charge in [0.15, 0.2) is 6.10 Å². The number of esters is 1. The molecule has 0 saturated carbocycles. The van der Waals surface area contributed by atoms with Gasteiger partial charge < -0.3 is 10.1 Å².